The van der Waals surface area contributed by atoms with E-state index < -0.39 is 23.3 Å². The van der Waals surface area contributed by atoms with Gasteiger partial charge in [0, 0.05) is 35.1 Å². The number of aromatic hydroxyl groups is 1. The second kappa shape index (κ2) is 8.16. The molecule has 0 saturated heterocycles. The standard InChI is InChI=1S/C27H20IN3O5/c1-14-6-5-9-17(24(14)33)22-16-10-11-29-26(35)30(15-7-3-2-4-8-15)27(36)31(29)20(16)12-18-21(32)13-19(28)25(34)23(18)22/h2-10,13,20,22,33H,11-12H2,1H3/t20-,22-/m1/s1. The highest BCUT2D eigenvalue weighted by molar-refractivity contribution is 14.1. The number of hydrogen-bond donors (Lipinski definition) is 1. The van der Waals surface area contributed by atoms with Gasteiger partial charge in [-0.25, -0.2) is 23.5 Å². The molecule has 3 aliphatic rings. The van der Waals surface area contributed by atoms with Gasteiger partial charge in [0.25, 0.3) is 0 Å². The molecule has 2 aliphatic carbocycles. The lowest BCUT2D eigenvalue weighted by atomic mass is 9.68. The van der Waals surface area contributed by atoms with Crippen molar-refractivity contribution < 1.29 is 14.7 Å². The predicted molar refractivity (Wildman–Crippen MR) is 141 cm³/mol. The fourth-order valence-electron chi connectivity index (χ4n) is 5.54. The van der Waals surface area contributed by atoms with Crippen LogP contribution in [0.1, 0.15) is 29.5 Å². The molecule has 9 heteroatoms. The number of carbonyl (C=O) groups is 2. The summed E-state index contributed by atoms with van der Waals surface area (Å²) in [6.45, 7) is 1.89. The van der Waals surface area contributed by atoms with E-state index in [0.717, 1.165) is 4.57 Å². The number of aromatic nitrogens is 3. The summed E-state index contributed by atoms with van der Waals surface area (Å²) in [5.41, 5.74) is 1.96. The molecule has 2 heterocycles. The summed E-state index contributed by atoms with van der Waals surface area (Å²) >= 11 is 1.87. The number of para-hydroxylation sites is 2. The van der Waals surface area contributed by atoms with Crippen molar-refractivity contribution in [3.05, 3.63) is 113 Å². The average molecular weight is 593 g/mol. The number of phenolic OH excluding ortho intramolecular Hbond substituents is 1. The van der Waals surface area contributed by atoms with Gasteiger partial charge >= 0.3 is 11.4 Å². The summed E-state index contributed by atoms with van der Waals surface area (Å²) in [6, 6.07) is 13.3. The molecule has 1 N–H and O–H groups in total. The van der Waals surface area contributed by atoms with Gasteiger partial charge in [-0.3, -0.25) is 9.59 Å². The number of fused-ring (bicyclic) bond motifs is 3. The van der Waals surface area contributed by atoms with Crippen LogP contribution in [-0.4, -0.2) is 30.6 Å². The van der Waals surface area contributed by atoms with Crippen LogP contribution in [0.25, 0.3) is 5.69 Å². The van der Waals surface area contributed by atoms with E-state index in [0.29, 0.717) is 37.1 Å². The topological polar surface area (TPSA) is 103 Å². The maximum Gasteiger partial charge on any atom is 0.352 e. The van der Waals surface area contributed by atoms with E-state index in [1.165, 1.54) is 15.4 Å². The number of hydrogen-bond acceptors (Lipinski definition) is 5. The van der Waals surface area contributed by atoms with Crippen LogP contribution in [0.2, 0.25) is 0 Å². The molecule has 1 aliphatic heterocycles. The quantitative estimate of drug-likeness (QED) is 0.279. The third-order valence-corrected chi connectivity index (χ3v) is 8.00. The highest BCUT2D eigenvalue weighted by Crippen LogP contribution is 2.52. The van der Waals surface area contributed by atoms with E-state index in [-0.39, 0.29) is 30.3 Å². The Morgan fingerprint density at radius 2 is 1.72 bits per heavy atom. The normalized spacial score (nSPS) is 20.9. The van der Waals surface area contributed by atoms with E-state index in [1.54, 1.807) is 55.5 Å². The lowest BCUT2D eigenvalue weighted by Gasteiger charge is -2.39. The molecule has 6 rings (SSSR count). The van der Waals surface area contributed by atoms with Gasteiger partial charge in [0.1, 0.15) is 5.75 Å². The second-order valence-electron chi connectivity index (χ2n) is 9.11. The van der Waals surface area contributed by atoms with Gasteiger partial charge in [0.15, 0.2) is 11.6 Å². The van der Waals surface area contributed by atoms with Gasteiger partial charge in [-0.15, -0.1) is 0 Å². The van der Waals surface area contributed by atoms with Gasteiger partial charge in [0.2, 0.25) is 0 Å². The SMILES string of the molecule is Cc1cccc([C@H]2C3=CCn4c(=O)n(-c5ccccc5)c(=O)n4[C@@H]3CC3=C2C(=O)C(I)=CC3=O)c1O. The van der Waals surface area contributed by atoms with Crippen molar-refractivity contribution in [2.24, 2.45) is 0 Å². The van der Waals surface area contributed by atoms with Gasteiger partial charge in [0.05, 0.1) is 21.9 Å². The van der Waals surface area contributed by atoms with Gasteiger partial charge in [-0.2, -0.15) is 0 Å². The lowest BCUT2D eigenvalue weighted by Crippen LogP contribution is -2.40. The molecule has 2 aromatic carbocycles. The molecular formula is C27H20IN3O5. The maximum atomic E-state index is 13.7. The van der Waals surface area contributed by atoms with Crippen LogP contribution in [-0.2, 0) is 16.1 Å². The Balaban J connectivity index is 1.61. The van der Waals surface area contributed by atoms with Crippen LogP contribution >= 0.6 is 22.6 Å². The van der Waals surface area contributed by atoms with Crippen LogP contribution in [0, 0.1) is 6.92 Å². The number of halogens is 1. The molecule has 0 amide bonds. The van der Waals surface area contributed by atoms with Gasteiger partial charge < -0.3 is 5.11 Å². The van der Waals surface area contributed by atoms with E-state index in [2.05, 4.69) is 0 Å². The third kappa shape index (κ3) is 3.11. The average Bonchev–Trinajstić information content (AvgIpc) is 3.13. The summed E-state index contributed by atoms with van der Waals surface area (Å²) in [5.74, 6) is -1.23. The van der Waals surface area contributed by atoms with Crippen LogP contribution in [0.3, 0.4) is 0 Å². The largest absolute Gasteiger partial charge is 0.507 e. The summed E-state index contributed by atoms with van der Waals surface area (Å²) < 4.78 is 4.20. The Hall–Kier alpha value is -3.73. The summed E-state index contributed by atoms with van der Waals surface area (Å²) in [6.07, 6.45) is 3.27. The zero-order valence-electron chi connectivity index (χ0n) is 19.1. The smallest absolute Gasteiger partial charge is 0.352 e. The molecule has 180 valence electrons. The van der Waals surface area contributed by atoms with Crippen LogP contribution < -0.4 is 11.4 Å². The fraction of sp³-hybridized carbons (Fsp3) is 0.185. The number of benzene rings is 2. The van der Waals surface area contributed by atoms with Crippen molar-refractivity contribution in [3.63, 3.8) is 0 Å². The summed E-state index contributed by atoms with van der Waals surface area (Å²) in [7, 11) is 0. The Morgan fingerprint density at radius 1 is 0.972 bits per heavy atom. The first kappa shape index (κ1) is 22.7. The molecular weight excluding hydrogens is 573 g/mol. The molecule has 8 nitrogen and oxygen atoms in total. The predicted octanol–water partition coefficient (Wildman–Crippen LogP) is 3.25. The molecule has 0 unspecified atom stereocenters. The molecule has 1 aromatic heterocycles. The summed E-state index contributed by atoms with van der Waals surface area (Å²) in [4.78, 5) is 53.5. The lowest BCUT2D eigenvalue weighted by molar-refractivity contribution is -0.115. The first-order valence-electron chi connectivity index (χ1n) is 11.5. The van der Waals surface area contributed by atoms with E-state index in [4.69, 9.17) is 0 Å². The number of carbonyl (C=O) groups excluding carboxylic acids is 2. The van der Waals surface area contributed by atoms with Crippen molar-refractivity contribution in [3.8, 4) is 11.4 Å². The number of allylic oxidation sites excluding steroid dienone is 6. The van der Waals surface area contributed by atoms with E-state index in [1.807, 2.05) is 28.7 Å². The number of nitrogens with zero attached hydrogens (tertiary/aromatic N) is 3. The van der Waals surface area contributed by atoms with Crippen molar-refractivity contribution >= 4 is 34.2 Å². The molecule has 0 saturated carbocycles. The zero-order valence-corrected chi connectivity index (χ0v) is 21.3. The van der Waals surface area contributed by atoms with Crippen LogP contribution in [0.15, 0.2) is 90.6 Å². The number of phenols is 1. The molecule has 2 atom stereocenters. The Labute approximate surface area is 218 Å². The monoisotopic (exact) mass is 593 g/mol. The van der Waals surface area contributed by atoms with Crippen molar-refractivity contribution in [1.29, 1.82) is 0 Å². The molecule has 0 bridgehead atoms. The molecule has 0 radical (unpaired) electrons. The van der Waals surface area contributed by atoms with Crippen LogP contribution in [0.5, 0.6) is 5.75 Å². The van der Waals surface area contributed by atoms with Crippen molar-refractivity contribution in [1.82, 2.24) is 13.9 Å². The minimum absolute atomic E-state index is 0.0397. The van der Waals surface area contributed by atoms with Gasteiger partial charge in [-0.05, 0) is 52.8 Å². The van der Waals surface area contributed by atoms with E-state index >= 15 is 0 Å². The Kier molecular flexibility index (Phi) is 5.15. The number of rotatable bonds is 2. The molecule has 3 aromatic rings. The maximum absolute atomic E-state index is 13.7. The Bertz CT molecular complexity index is 1700. The minimum atomic E-state index is -0.718. The van der Waals surface area contributed by atoms with E-state index in [9.17, 15) is 24.3 Å². The van der Waals surface area contributed by atoms with Crippen molar-refractivity contribution in [2.75, 3.05) is 0 Å². The zero-order chi connectivity index (χ0) is 25.3. The third-order valence-electron chi connectivity index (χ3n) is 7.20. The first-order chi connectivity index (χ1) is 17.3. The molecule has 0 spiro atoms. The highest BCUT2D eigenvalue weighted by Gasteiger charge is 2.45. The number of Topliss-reactive ketones (excluding diaryl/α,β-unsaturated/α-hetero) is 1. The number of ketones is 2. The van der Waals surface area contributed by atoms with Crippen LogP contribution in [0.4, 0.5) is 0 Å². The van der Waals surface area contributed by atoms with Gasteiger partial charge in [-0.1, -0.05) is 42.5 Å². The Morgan fingerprint density at radius 3 is 2.47 bits per heavy atom. The first-order valence-corrected chi connectivity index (χ1v) is 12.5. The highest BCUT2D eigenvalue weighted by atomic mass is 127. The molecule has 36 heavy (non-hydrogen) atoms. The van der Waals surface area contributed by atoms with Crippen molar-refractivity contribution in [2.45, 2.75) is 31.8 Å². The fourth-order valence-corrected chi connectivity index (χ4v) is 6.11. The molecule has 0 fully saturated rings. The summed E-state index contributed by atoms with van der Waals surface area (Å²) in [5, 5.41) is 11.0. The number of aryl methyl sites for hydroxylation is 1. The minimum Gasteiger partial charge on any atom is -0.507 e. The second-order valence-corrected chi connectivity index (χ2v) is 10.3.